The third-order valence-electron chi connectivity index (χ3n) is 3.54. The summed E-state index contributed by atoms with van der Waals surface area (Å²) in [4.78, 5) is 9.80. The Hall–Kier alpha value is -2.54. The number of nitrogens with zero attached hydrogens (tertiary/aromatic N) is 4. The summed E-state index contributed by atoms with van der Waals surface area (Å²) in [5, 5.41) is 4.10. The average molecular weight is 331 g/mol. The van der Waals surface area contributed by atoms with E-state index < -0.39 is 0 Å². The Bertz CT molecular complexity index is 659. The lowest BCUT2D eigenvalue weighted by molar-refractivity contribution is 0.0518. The predicted molar refractivity (Wildman–Crippen MR) is 95.1 cm³/mol. The van der Waals surface area contributed by atoms with Gasteiger partial charge in [0.25, 0.3) is 0 Å². The fourth-order valence-corrected chi connectivity index (χ4v) is 2.23. The minimum atomic E-state index is -0.386. The Balaban J connectivity index is 2.11. The lowest BCUT2D eigenvalue weighted by Crippen LogP contribution is -2.36. The standard InChI is InChI=1S/C17H22FN5O/c1-13-6-4-5-7-15(13)12-20-22-17(19-3)21-16(14(2)18)23-8-10-24-11-9-23/h4-7,12H,3,8-11H2,1-2H3,(H,21,22)/b16-14-,20-12-. The predicted octanol–water partition coefficient (Wildman–Crippen LogP) is 2.47. The van der Waals surface area contributed by atoms with Crippen LogP contribution < -0.4 is 5.43 Å². The van der Waals surface area contributed by atoms with E-state index >= 15 is 0 Å². The van der Waals surface area contributed by atoms with Crippen LogP contribution in [-0.4, -0.2) is 50.1 Å². The maximum atomic E-state index is 13.8. The first-order valence-electron chi connectivity index (χ1n) is 7.71. The fraction of sp³-hybridized carbons (Fsp3) is 0.353. The molecule has 1 aromatic carbocycles. The number of hydrazone groups is 1. The molecule has 0 aliphatic carbocycles. The van der Waals surface area contributed by atoms with Crippen LogP contribution in [0.15, 0.2) is 51.0 Å². The summed E-state index contributed by atoms with van der Waals surface area (Å²) in [6.07, 6.45) is 1.66. The fourth-order valence-electron chi connectivity index (χ4n) is 2.23. The minimum Gasteiger partial charge on any atom is -0.378 e. The van der Waals surface area contributed by atoms with Crippen molar-refractivity contribution in [3.05, 3.63) is 47.0 Å². The molecular weight excluding hydrogens is 309 g/mol. The average Bonchev–Trinajstić information content (AvgIpc) is 2.60. The Labute approximate surface area is 141 Å². The lowest BCUT2D eigenvalue weighted by Gasteiger charge is -2.28. The Morgan fingerprint density at radius 1 is 1.33 bits per heavy atom. The molecule has 0 spiro atoms. The second-order valence-corrected chi connectivity index (χ2v) is 5.28. The van der Waals surface area contributed by atoms with E-state index in [4.69, 9.17) is 4.74 Å². The van der Waals surface area contributed by atoms with Gasteiger partial charge in [-0.15, -0.1) is 0 Å². The van der Waals surface area contributed by atoms with Gasteiger partial charge < -0.3 is 9.64 Å². The van der Waals surface area contributed by atoms with Crippen LogP contribution in [0.4, 0.5) is 4.39 Å². The second kappa shape index (κ2) is 8.93. The second-order valence-electron chi connectivity index (χ2n) is 5.28. The van der Waals surface area contributed by atoms with Gasteiger partial charge in [0, 0.05) is 13.1 Å². The highest BCUT2D eigenvalue weighted by Crippen LogP contribution is 2.15. The normalized spacial score (nSPS) is 17.0. The molecule has 1 saturated heterocycles. The number of benzene rings is 1. The monoisotopic (exact) mass is 331 g/mol. The van der Waals surface area contributed by atoms with Gasteiger partial charge in [0.15, 0.2) is 5.82 Å². The van der Waals surface area contributed by atoms with Crippen molar-refractivity contribution in [1.29, 1.82) is 0 Å². The number of nitrogens with one attached hydrogen (secondary N) is 1. The van der Waals surface area contributed by atoms with Crippen molar-refractivity contribution in [2.24, 2.45) is 15.1 Å². The molecule has 2 rings (SSSR count). The zero-order valence-corrected chi connectivity index (χ0v) is 14.0. The summed E-state index contributed by atoms with van der Waals surface area (Å²) in [5.74, 6) is -0.0275. The van der Waals surface area contributed by atoms with Gasteiger partial charge in [0.2, 0.25) is 5.96 Å². The van der Waals surface area contributed by atoms with Gasteiger partial charge in [-0.25, -0.2) is 14.8 Å². The summed E-state index contributed by atoms with van der Waals surface area (Å²) in [6, 6.07) is 7.83. The van der Waals surface area contributed by atoms with Crippen LogP contribution in [0.25, 0.3) is 0 Å². The number of guanidine groups is 1. The largest absolute Gasteiger partial charge is 0.378 e. The molecule has 0 unspecified atom stereocenters. The lowest BCUT2D eigenvalue weighted by atomic mass is 10.1. The van der Waals surface area contributed by atoms with E-state index in [0.717, 1.165) is 11.1 Å². The molecule has 24 heavy (non-hydrogen) atoms. The van der Waals surface area contributed by atoms with Gasteiger partial charge >= 0.3 is 0 Å². The van der Waals surface area contributed by atoms with E-state index in [-0.39, 0.29) is 17.6 Å². The van der Waals surface area contributed by atoms with Gasteiger partial charge in [-0.3, -0.25) is 0 Å². The van der Waals surface area contributed by atoms with Crippen LogP contribution in [0.5, 0.6) is 0 Å². The molecule has 7 heteroatoms. The quantitative estimate of drug-likeness (QED) is 0.524. The zero-order valence-electron chi connectivity index (χ0n) is 14.0. The molecule has 1 heterocycles. The number of halogens is 1. The van der Waals surface area contributed by atoms with Crippen molar-refractivity contribution < 1.29 is 9.13 Å². The molecule has 0 aromatic heterocycles. The van der Waals surface area contributed by atoms with E-state index in [1.54, 1.807) is 6.21 Å². The number of aliphatic imine (C=N–C) groups is 2. The van der Waals surface area contributed by atoms with E-state index in [1.807, 2.05) is 36.1 Å². The highest BCUT2D eigenvalue weighted by molar-refractivity contribution is 5.87. The van der Waals surface area contributed by atoms with Crippen molar-refractivity contribution in [2.45, 2.75) is 13.8 Å². The molecule has 0 saturated carbocycles. The summed E-state index contributed by atoms with van der Waals surface area (Å²) in [7, 11) is 0. The molecule has 0 amide bonds. The molecule has 128 valence electrons. The minimum absolute atomic E-state index is 0.137. The first kappa shape index (κ1) is 17.8. The number of hydrogen-bond donors (Lipinski definition) is 1. The number of morpholine rings is 1. The summed E-state index contributed by atoms with van der Waals surface area (Å²) in [5.41, 5.74) is 4.77. The summed E-state index contributed by atoms with van der Waals surface area (Å²) < 4.78 is 19.1. The van der Waals surface area contributed by atoms with Gasteiger partial charge in [-0.2, -0.15) is 10.1 Å². The molecular formula is C17H22FN5O. The Morgan fingerprint density at radius 2 is 2.04 bits per heavy atom. The Morgan fingerprint density at radius 3 is 2.67 bits per heavy atom. The van der Waals surface area contributed by atoms with Gasteiger partial charge in [0.05, 0.1) is 19.4 Å². The summed E-state index contributed by atoms with van der Waals surface area (Å²) >= 11 is 0. The van der Waals surface area contributed by atoms with Crippen molar-refractivity contribution >= 4 is 18.9 Å². The van der Waals surface area contributed by atoms with Crippen LogP contribution in [0.2, 0.25) is 0 Å². The molecule has 1 aliphatic heterocycles. The van der Waals surface area contributed by atoms with E-state index in [1.165, 1.54) is 6.92 Å². The molecule has 6 nitrogen and oxygen atoms in total. The highest BCUT2D eigenvalue weighted by atomic mass is 19.1. The van der Waals surface area contributed by atoms with Crippen molar-refractivity contribution in [2.75, 3.05) is 26.3 Å². The SMILES string of the molecule is C=N/C(=N\C(=C(/C)F)N1CCOCC1)N/N=C\c1ccccc1C. The number of hydrogen-bond acceptors (Lipinski definition) is 4. The number of rotatable bonds is 4. The third kappa shape index (κ3) is 4.99. The van der Waals surface area contributed by atoms with Crippen molar-refractivity contribution in [1.82, 2.24) is 10.3 Å². The first-order chi connectivity index (χ1) is 11.6. The van der Waals surface area contributed by atoms with Gasteiger partial charge in [-0.05, 0) is 31.7 Å². The third-order valence-corrected chi connectivity index (χ3v) is 3.54. The molecule has 1 aliphatic rings. The maximum Gasteiger partial charge on any atom is 0.244 e. The number of ether oxygens (including phenoxy) is 1. The molecule has 0 atom stereocenters. The van der Waals surface area contributed by atoms with Crippen LogP contribution in [0.1, 0.15) is 18.1 Å². The molecule has 0 bridgehead atoms. The number of aryl methyl sites for hydroxylation is 1. The van der Waals surface area contributed by atoms with Gasteiger partial charge in [-0.1, -0.05) is 24.3 Å². The summed E-state index contributed by atoms with van der Waals surface area (Å²) in [6.45, 7) is 9.06. The van der Waals surface area contributed by atoms with Crippen LogP contribution in [0.3, 0.4) is 0 Å². The smallest absolute Gasteiger partial charge is 0.244 e. The van der Waals surface area contributed by atoms with E-state index in [0.29, 0.717) is 26.3 Å². The van der Waals surface area contributed by atoms with Crippen molar-refractivity contribution in [3.8, 4) is 0 Å². The topological polar surface area (TPSA) is 61.6 Å². The van der Waals surface area contributed by atoms with Crippen LogP contribution >= 0.6 is 0 Å². The highest BCUT2D eigenvalue weighted by Gasteiger charge is 2.16. The molecule has 1 N–H and O–H groups in total. The molecule has 1 aromatic rings. The van der Waals surface area contributed by atoms with Gasteiger partial charge in [0.1, 0.15) is 5.83 Å². The van der Waals surface area contributed by atoms with E-state index in [2.05, 4.69) is 27.2 Å². The molecule has 0 radical (unpaired) electrons. The first-order valence-corrected chi connectivity index (χ1v) is 7.71. The molecule has 1 fully saturated rings. The maximum absolute atomic E-state index is 13.8. The van der Waals surface area contributed by atoms with E-state index in [9.17, 15) is 4.39 Å². The van der Waals surface area contributed by atoms with Crippen molar-refractivity contribution in [3.63, 3.8) is 0 Å². The zero-order chi connectivity index (χ0) is 17.4. The Kier molecular flexibility index (Phi) is 6.62. The van der Waals surface area contributed by atoms with Crippen LogP contribution in [0, 0.1) is 6.92 Å². The number of allylic oxidation sites excluding steroid dienone is 1. The van der Waals surface area contributed by atoms with Crippen LogP contribution in [-0.2, 0) is 4.74 Å².